The third-order valence-electron chi connectivity index (χ3n) is 7.41. The minimum absolute atomic E-state index is 0.00689. The standard InChI is InChI=1S/C34H43N3O6S/c35-29-7-5-6-8-30(29)37-33(41)10-4-2-1-3-9-32(40)36-27-17-15-26(16-18-27)34-42-28(23-44-20-19-38)21-31(43-34)25-13-11-24(22-39)12-14-25/h5-8,11-18,28,31,34,38-39H,1-4,9-10,19-23,35H2,(H,36,40)(H,37,41)/t28-,31+,34+/m1/s1. The molecule has 10 heteroatoms. The molecule has 9 nitrogen and oxygen atoms in total. The molecule has 0 aromatic heterocycles. The molecule has 1 saturated heterocycles. The summed E-state index contributed by atoms with van der Waals surface area (Å²) < 4.78 is 12.7. The highest BCUT2D eigenvalue weighted by Crippen LogP contribution is 2.39. The van der Waals surface area contributed by atoms with Gasteiger partial charge < -0.3 is 36.1 Å². The maximum absolute atomic E-state index is 12.5. The molecule has 0 radical (unpaired) electrons. The van der Waals surface area contributed by atoms with E-state index in [4.69, 9.17) is 15.2 Å². The van der Waals surface area contributed by atoms with E-state index >= 15 is 0 Å². The van der Waals surface area contributed by atoms with Crippen LogP contribution in [0.1, 0.15) is 74.0 Å². The monoisotopic (exact) mass is 621 g/mol. The van der Waals surface area contributed by atoms with Gasteiger partial charge in [0.05, 0.1) is 36.8 Å². The number of hydrogen-bond acceptors (Lipinski definition) is 8. The van der Waals surface area contributed by atoms with Gasteiger partial charge in [-0.25, -0.2) is 0 Å². The molecule has 3 aromatic rings. The summed E-state index contributed by atoms with van der Waals surface area (Å²) >= 11 is 1.65. The van der Waals surface area contributed by atoms with Crippen molar-refractivity contribution in [3.8, 4) is 0 Å². The molecule has 6 N–H and O–H groups in total. The van der Waals surface area contributed by atoms with Crippen LogP contribution in [0.2, 0.25) is 0 Å². The first-order valence-electron chi connectivity index (χ1n) is 15.2. The molecule has 0 aliphatic carbocycles. The molecule has 3 atom stereocenters. The topological polar surface area (TPSA) is 143 Å². The number of carbonyl (C=O) groups excluding carboxylic acids is 2. The smallest absolute Gasteiger partial charge is 0.224 e. The number of nitrogen functional groups attached to an aromatic ring is 1. The predicted octanol–water partition coefficient (Wildman–Crippen LogP) is 5.95. The number of rotatable bonds is 16. The highest BCUT2D eigenvalue weighted by molar-refractivity contribution is 7.99. The Morgan fingerprint density at radius 1 is 0.818 bits per heavy atom. The van der Waals surface area contributed by atoms with Gasteiger partial charge in [0.15, 0.2) is 6.29 Å². The summed E-state index contributed by atoms with van der Waals surface area (Å²) in [5, 5.41) is 24.4. The van der Waals surface area contributed by atoms with Crippen LogP contribution < -0.4 is 16.4 Å². The molecule has 1 heterocycles. The second-order valence-corrected chi connectivity index (χ2v) is 12.0. The zero-order chi connectivity index (χ0) is 31.1. The van der Waals surface area contributed by atoms with Crippen molar-refractivity contribution in [3.05, 3.63) is 89.5 Å². The molecule has 236 valence electrons. The van der Waals surface area contributed by atoms with Crippen molar-refractivity contribution in [1.29, 1.82) is 0 Å². The molecule has 1 aliphatic heterocycles. The largest absolute Gasteiger partial charge is 0.397 e. The molecule has 4 rings (SSSR count). The van der Waals surface area contributed by atoms with Crippen molar-refractivity contribution in [2.24, 2.45) is 0 Å². The number of nitrogens with two attached hydrogens (primary N) is 1. The lowest BCUT2D eigenvalue weighted by Gasteiger charge is -2.36. The Morgan fingerprint density at radius 2 is 1.48 bits per heavy atom. The lowest BCUT2D eigenvalue weighted by atomic mass is 10.0. The van der Waals surface area contributed by atoms with Crippen LogP contribution in [-0.2, 0) is 25.7 Å². The first kappa shape index (κ1) is 33.5. The molecule has 1 aliphatic rings. The van der Waals surface area contributed by atoms with Gasteiger partial charge in [0.25, 0.3) is 0 Å². The van der Waals surface area contributed by atoms with Crippen LogP contribution in [0, 0.1) is 0 Å². The van der Waals surface area contributed by atoms with Crippen molar-refractivity contribution in [1.82, 2.24) is 0 Å². The van der Waals surface area contributed by atoms with Crippen LogP contribution in [0.25, 0.3) is 0 Å². The number of thioether (sulfide) groups is 1. The maximum atomic E-state index is 12.5. The Kier molecular flexibility index (Phi) is 13.5. The fourth-order valence-electron chi connectivity index (χ4n) is 5.00. The second-order valence-electron chi connectivity index (χ2n) is 10.9. The van der Waals surface area contributed by atoms with E-state index in [0.29, 0.717) is 42.1 Å². The van der Waals surface area contributed by atoms with E-state index in [9.17, 15) is 19.8 Å². The third-order valence-corrected chi connectivity index (χ3v) is 8.49. The predicted molar refractivity (Wildman–Crippen MR) is 175 cm³/mol. The average Bonchev–Trinajstić information content (AvgIpc) is 3.04. The van der Waals surface area contributed by atoms with E-state index in [1.807, 2.05) is 60.7 Å². The fraction of sp³-hybridized carbons (Fsp3) is 0.412. The number of aliphatic hydroxyl groups is 2. The summed E-state index contributed by atoms with van der Waals surface area (Å²) in [5.41, 5.74) is 10.5. The van der Waals surface area contributed by atoms with Gasteiger partial charge in [-0.2, -0.15) is 11.8 Å². The summed E-state index contributed by atoms with van der Waals surface area (Å²) in [7, 11) is 0. The van der Waals surface area contributed by atoms with Gasteiger partial charge >= 0.3 is 0 Å². The van der Waals surface area contributed by atoms with E-state index in [1.165, 1.54) is 0 Å². The lowest BCUT2D eigenvalue weighted by Crippen LogP contribution is -2.31. The Labute approximate surface area is 263 Å². The Hall–Kier alpha value is -3.41. The van der Waals surface area contributed by atoms with E-state index in [0.717, 1.165) is 48.1 Å². The number of nitrogens with one attached hydrogen (secondary N) is 2. The Balaban J connectivity index is 1.20. The number of para-hydroxylation sites is 2. The first-order valence-corrected chi connectivity index (χ1v) is 16.3. The summed E-state index contributed by atoms with van der Waals surface area (Å²) in [6.45, 7) is 0.119. The Morgan fingerprint density at radius 3 is 2.14 bits per heavy atom. The van der Waals surface area contributed by atoms with Crippen molar-refractivity contribution >= 4 is 40.6 Å². The molecule has 3 aromatic carbocycles. The van der Waals surface area contributed by atoms with Gasteiger partial charge in [-0.3, -0.25) is 9.59 Å². The second kappa shape index (κ2) is 17.8. The third kappa shape index (κ3) is 10.6. The molecular formula is C34H43N3O6S. The van der Waals surface area contributed by atoms with Gasteiger partial charge in [-0.05, 0) is 48.2 Å². The number of anilines is 3. The fourth-order valence-corrected chi connectivity index (χ4v) is 5.77. The number of hydrogen-bond donors (Lipinski definition) is 5. The minimum atomic E-state index is -0.567. The number of ether oxygens (including phenoxy) is 2. The Bertz CT molecular complexity index is 1320. The van der Waals surface area contributed by atoms with E-state index in [2.05, 4.69) is 10.6 Å². The van der Waals surface area contributed by atoms with Crippen molar-refractivity contribution < 1.29 is 29.3 Å². The van der Waals surface area contributed by atoms with Gasteiger partial charge in [-0.15, -0.1) is 0 Å². The van der Waals surface area contributed by atoms with Gasteiger partial charge in [0.2, 0.25) is 11.8 Å². The highest BCUT2D eigenvalue weighted by Gasteiger charge is 2.32. The van der Waals surface area contributed by atoms with Gasteiger partial charge in [0.1, 0.15) is 0 Å². The molecule has 1 fully saturated rings. The SMILES string of the molecule is Nc1ccccc1NC(=O)CCCCCCC(=O)Nc1ccc([C@H]2O[C@@H](CSCCO)C[C@@H](c3ccc(CO)cc3)O2)cc1. The molecule has 0 unspecified atom stereocenters. The van der Waals surface area contributed by atoms with Crippen molar-refractivity contribution in [2.45, 2.75) is 70.1 Å². The van der Waals surface area contributed by atoms with Crippen LogP contribution in [0.3, 0.4) is 0 Å². The zero-order valence-corrected chi connectivity index (χ0v) is 25.8. The maximum Gasteiger partial charge on any atom is 0.224 e. The van der Waals surface area contributed by atoms with E-state index in [1.54, 1.807) is 23.9 Å². The minimum Gasteiger partial charge on any atom is -0.397 e. The first-order chi connectivity index (χ1) is 21.4. The molecule has 0 spiro atoms. The number of amides is 2. The van der Waals surface area contributed by atoms with Crippen LogP contribution in [0.4, 0.5) is 17.1 Å². The number of carbonyl (C=O) groups is 2. The van der Waals surface area contributed by atoms with Crippen molar-refractivity contribution in [3.63, 3.8) is 0 Å². The molecule has 0 bridgehead atoms. The van der Waals surface area contributed by atoms with Crippen LogP contribution in [0.5, 0.6) is 0 Å². The lowest BCUT2D eigenvalue weighted by molar-refractivity contribution is -0.245. The summed E-state index contributed by atoms with van der Waals surface area (Å²) in [4.78, 5) is 24.7. The average molecular weight is 622 g/mol. The van der Waals surface area contributed by atoms with Gasteiger partial charge in [-0.1, -0.05) is 61.4 Å². The summed E-state index contributed by atoms with van der Waals surface area (Å²) in [6, 6.07) is 22.5. The zero-order valence-electron chi connectivity index (χ0n) is 25.0. The van der Waals surface area contributed by atoms with E-state index in [-0.39, 0.29) is 37.2 Å². The van der Waals surface area contributed by atoms with Crippen LogP contribution >= 0.6 is 11.8 Å². The highest BCUT2D eigenvalue weighted by atomic mass is 32.2. The van der Waals surface area contributed by atoms with Crippen LogP contribution in [-0.4, -0.2) is 46.2 Å². The number of unbranched alkanes of at least 4 members (excludes halogenated alkanes) is 3. The van der Waals surface area contributed by atoms with Crippen molar-refractivity contribution in [2.75, 3.05) is 34.5 Å². The molecule has 44 heavy (non-hydrogen) atoms. The molecule has 0 saturated carbocycles. The quantitative estimate of drug-likeness (QED) is 0.0976. The van der Waals surface area contributed by atoms with Crippen LogP contribution in [0.15, 0.2) is 72.8 Å². The van der Waals surface area contributed by atoms with E-state index < -0.39 is 6.29 Å². The normalized spacial score (nSPS) is 18.1. The molecular weight excluding hydrogens is 578 g/mol. The number of benzene rings is 3. The summed E-state index contributed by atoms with van der Waals surface area (Å²) in [5.74, 6) is 1.29. The summed E-state index contributed by atoms with van der Waals surface area (Å²) in [6.07, 6.45) is 3.97. The van der Waals surface area contributed by atoms with Gasteiger partial charge in [0, 0.05) is 42.0 Å². The number of aliphatic hydroxyl groups excluding tert-OH is 2. The molecule has 2 amide bonds.